The summed E-state index contributed by atoms with van der Waals surface area (Å²) in [7, 11) is 0. The Morgan fingerprint density at radius 1 is 1.20 bits per heavy atom. The molecule has 1 rings (SSSR count). The third-order valence-corrected chi connectivity index (χ3v) is 3.42. The van der Waals surface area contributed by atoms with Crippen LogP contribution >= 0.6 is 11.3 Å². The lowest BCUT2D eigenvalue weighted by Crippen LogP contribution is -2.26. The van der Waals surface area contributed by atoms with Gasteiger partial charge in [-0.3, -0.25) is 0 Å². The third-order valence-electron chi connectivity index (χ3n) is 2.49. The Kier molecular flexibility index (Phi) is 3.27. The van der Waals surface area contributed by atoms with Crippen LogP contribution in [0.15, 0.2) is 5.38 Å². The smallest absolute Gasteiger partial charge is 0.110 e. The molecule has 2 N–H and O–H groups in total. The molecule has 1 atom stereocenters. The van der Waals surface area contributed by atoms with E-state index in [0.29, 0.717) is 0 Å². The maximum atomic E-state index is 6.18. The molecule has 1 aromatic rings. The predicted octanol–water partition coefficient (Wildman–Crippen LogP) is 3.49. The summed E-state index contributed by atoms with van der Waals surface area (Å²) >= 11 is 1.68. The minimum atomic E-state index is 0.0265. The molecule has 1 unspecified atom stereocenters. The first-order valence-electron chi connectivity index (χ1n) is 5.34. The van der Waals surface area contributed by atoms with Gasteiger partial charge < -0.3 is 5.73 Å². The lowest BCUT2D eigenvalue weighted by atomic mass is 9.87. The molecule has 0 radical (unpaired) electrons. The molecule has 0 aliphatic heterocycles. The van der Waals surface area contributed by atoms with E-state index in [4.69, 9.17) is 5.73 Å². The van der Waals surface area contributed by atoms with E-state index in [-0.39, 0.29) is 16.9 Å². The monoisotopic (exact) mass is 226 g/mol. The topological polar surface area (TPSA) is 38.9 Å². The summed E-state index contributed by atoms with van der Waals surface area (Å²) < 4.78 is 0. The van der Waals surface area contributed by atoms with Crippen molar-refractivity contribution in [3.8, 4) is 0 Å². The normalized spacial score (nSPS) is 15.4. The van der Waals surface area contributed by atoms with Crippen molar-refractivity contribution < 1.29 is 0 Å². The molecule has 0 saturated carbocycles. The van der Waals surface area contributed by atoms with E-state index >= 15 is 0 Å². The van der Waals surface area contributed by atoms with Gasteiger partial charge in [0.15, 0.2) is 0 Å². The molecule has 1 heterocycles. The number of hydrogen-bond donors (Lipinski definition) is 1. The number of hydrogen-bond acceptors (Lipinski definition) is 3. The summed E-state index contributed by atoms with van der Waals surface area (Å²) in [5.41, 5.74) is 7.51. The quantitative estimate of drug-likeness (QED) is 0.796. The maximum Gasteiger partial charge on any atom is 0.110 e. The minimum absolute atomic E-state index is 0.0265. The van der Waals surface area contributed by atoms with Crippen molar-refractivity contribution in [2.45, 2.75) is 53.0 Å². The van der Waals surface area contributed by atoms with Crippen molar-refractivity contribution in [1.29, 1.82) is 0 Å². The highest BCUT2D eigenvalue weighted by atomic mass is 32.1. The highest BCUT2D eigenvalue weighted by Crippen LogP contribution is 2.34. The second kappa shape index (κ2) is 3.87. The highest BCUT2D eigenvalue weighted by Gasteiger charge is 2.26. The summed E-state index contributed by atoms with van der Waals surface area (Å²) in [6.45, 7) is 13.0. The number of aromatic nitrogens is 1. The van der Waals surface area contributed by atoms with Crippen molar-refractivity contribution in [3.05, 3.63) is 16.1 Å². The van der Waals surface area contributed by atoms with Gasteiger partial charge in [0.25, 0.3) is 0 Å². The molecular weight excluding hydrogens is 204 g/mol. The van der Waals surface area contributed by atoms with Crippen LogP contribution in [0.1, 0.15) is 58.3 Å². The van der Waals surface area contributed by atoms with E-state index in [1.165, 1.54) is 0 Å². The third kappa shape index (κ3) is 3.02. The van der Waals surface area contributed by atoms with E-state index in [0.717, 1.165) is 10.7 Å². The largest absolute Gasteiger partial charge is 0.322 e. The van der Waals surface area contributed by atoms with Gasteiger partial charge in [0, 0.05) is 10.8 Å². The maximum absolute atomic E-state index is 6.18. The average molecular weight is 226 g/mol. The molecule has 0 aliphatic rings. The highest BCUT2D eigenvalue weighted by molar-refractivity contribution is 7.09. The summed E-state index contributed by atoms with van der Waals surface area (Å²) in [6, 6.07) is 0.0265. The molecule has 0 saturated heterocycles. The summed E-state index contributed by atoms with van der Waals surface area (Å²) in [4.78, 5) is 4.64. The fourth-order valence-electron chi connectivity index (χ4n) is 1.15. The molecule has 1 aromatic heterocycles. The van der Waals surface area contributed by atoms with E-state index in [2.05, 4.69) is 51.9 Å². The lowest BCUT2D eigenvalue weighted by Gasteiger charge is -2.25. The molecule has 15 heavy (non-hydrogen) atoms. The van der Waals surface area contributed by atoms with E-state index in [1.807, 2.05) is 0 Å². The number of nitrogens with two attached hydrogens (primary N) is 1. The van der Waals surface area contributed by atoms with Crippen LogP contribution < -0.4 is 5.73 Å². The fraction of sp³-hybridized carbons (Fsp3) is 0.750. The van der Waals surface area contributed by atoms with Gasteiger partial charge in [-0.05, 0) is 5.41 Å². The van der Waals surface area contributed by atoms with E-state index in [1.54, 1.807) is 11.3 Å². The molecule has 86 valence electrons. The molecule has 0 amide bonds. The average Bonchev–Trinajstić information content (AvgIpc) is 2.47. The number of thiazole rings is 1. The van der Waals surface area contributed by atoms with Gasteiger partial charge in [0.2, 0.25) is 0 Å². The zero-order valence-corrected chi connectivity index (χ0v) is 11.4. The molecule has 3 heteroatoms. The van der Waals surface area contributed by atoms with Crippen molar-refractivity contribution in [2.24, 2.45) is 11.1 Å². The van der Waals surface area contributed by atoms with Crippen LogP contribution in [0.5, 0.6) is 0 Å². The second-order valence-electron chi connectivity index (χ2n) is 6.16. The molecular formula is C12H22N2S. The van der Waals surface area contributed by atoms with Crippen molar-refractivity contribution in [1.82, 2.24) is 4.98 Å². The Labute approximate surface area is 96.9 Å². The van der Waals surface area contributed by atoms with E-state index < -0.39 is 0 Å². The van der Waals surface area contributed by atoms with Crippen LogP contribution in [-0.2, 0) is 5.41 Å². The Hall–Kier alpha value is -0.410. The Morgan fingerprint density at radius 2 is 1.73 bits per heavy atom. The van der Waals surface area contributed by atoms with Crippen LogP contribution in [0.4, 0.5) is 0 Å². The van der Waals surface area contributed by atoms with Gasteiger partial charge in [0.05, 0.1) is 11.7 Å². The minimum Gasteiger partial charge on any atom is -0.322 e. The molecule has 0 spiro atoms. The Bertz CT molecular complexity index is 328. The van der Waals surface area contributed by atoms with Crippen LogP contribution in [0, 0.1) is 5.41 Å². The standard InChI is InChI=1S/C12H22N2S/c1-11(2,3)8-7-15-10(14-8)9(13)12(4,5)6/h7,9H,13H2,1-6H3. The molecule has 0 fully saturated rings. The predicted molar refractivity (Wildman–Crippen MR) is 67.2 cm³/mol. The van der Waals surface area contributed by atoms with E-state index in [9.17, 15) is 0 Å². The van der Waals surface area contributed by atoms with Crippen LogP contribution in [0.25, 0.3) is 0 Å². The van der Waals surface area contributed by atoms with Gasteiger partial charge in [0.1, 0.15) is 5.01 Å². The summed E-state index contributed by atoms with van der Waals surface area (Å²) in [5, 5.41) is 3.17. The van der Waals surface area contributed by atoms with Crippen molar-refractivity contribution in [2.75, 3.05) is 0 Å². The van der Waals surface area contributed by atoms with Crippen LogP contribution in [-0.4, -0.2) is 4.98 Å². The van der Waals surface area contributed by atoms with Gasteiger partial charge in [-0.1, -0.05) is 41.5 Å². The van der Waals surface area contributed by atoms with Gasteiger partial charge >= 0.3 is 0 Å². The van der Waals surface area contributed by atoms with Gasteiger partial charge in [-0.15, -0.1) is 11.3 Å². The molecule has 0 aromatic carbocycles. The SMILES string of the molecule is CC(C)(C)c1csc(C(N)C(C)(C)C)n1. The zero-order chi connectivity index (χ0) is 11.9. The first-order chi connectivity index (χ1) is 6.62. The lowest BCUT2D eigenvalue weighted by molar-refractivity contribution is 0.325. The molecule has 2 nitrogen and oxygen atoms in total. The fourth-order valence-corrected chi connectivity index (χ4v) is 2.44. The first kappa shape index (κ1) is 12.7. The van der Waals surface area contributed by atoms with Gasteiger partial charge in [-0.2, -0.15) is 0 Å². The zero-order valence-electron chi connectivity index (χ0n) is 10.6. The van der Waals surface area contributed by atoms with Crippen molar-refractivity contribution >= 4 is 11.3 Å². The van der Waals surface area contributed by atoms with Gasteiger partial charge in [-0.25, -0.2) is 4.98 Å². The Morgan fingerprint density at radius 3 is 2.07 bits per heavy atom. The van der Waals surface area contributed by atoms with Crippen LogP contribution in [0.3, 0.4) is 0 Å². The van der Waals surface area contributed by atoms with Crippen LogP contribution in [0.2, 0.25) is 0 Å². The molecule has 0 bridgehead atoms. The number of nitrogens with zero attached hydrogens (tertiary/aromatic N) is 1. The number of rotatable bonds is 1. The summed E-state index contributed by atoms with van der Waals surface area (Å²) in [5.74, 6) is 0. The second-order valence-corrected chi connectivity index (χ2v) is 7.05. The Balaban J connectivity index is 2.95. The summed E-state index contributed by atoms with van der Waals surface area (Å²) in [6.07, 6.45) is 0. The molecule has 0 aliphatic carbocycles. The first-order valence-corrected chi connectivity index (χ1v) is 6.22. The van der Waals surface area contributed by atoms with Crippen molar-refractivity contribution in [3.63, 3.8) is 0 Å².